The minimum absolute atomic E-state index is 0.504. The van der Waals surface area contributed by atoms with Crippen molar-refractivity contribution in [2.24, 2.45) is 0 Å². The zero-order chi connectivity index (χ0) is 11.6. The van der Waals surface area contributed by atoms with Gasteiger partial charge in [-0.1, -0.05) is 87.9 Å². The summed E-state index contributed by atoms with van der Waals surface area (Å²) in [6.07, 6.45) is 9.23. The average molecular weight is 348 g/mol. The molecule has 0 amide bonds. The highest BCUT2D eigenvalue weighted by atomic mass is 79.9. The summed E-state index contributed by atoms with van der Waals surface area (Å²) >= 11 is 7.01. The van der Waals surface area contributed by atoms with Gasteiger partial charge in [-0.05, 0) is 24.8 Å². The van der Waals surface area contributed by atoms with Crippen molar-refractivity contribution in [1.82, 2.24) is 0 Å². The van der Waals surface area contributed by atoms with Crippen molar-refractivity contribution in [3.05, 3.63) is 35.9 Å². The number of rotatable bonds is 8. The Morgan fingerprint density at radius 2 is 1.44 bits per heavy atom. The summed E-state index contributed by atoms with van der Waals surface area (Å²) in [5, 5.41) is 0. The van der Waals surface area contributed by atoms with Crippen molar-refractivity contribution in [1.29, 1.82) is 0 Å². The first-order chi connectivity index (χ1) is 7.79. The van der Waals surface area contributed by atoms with Crippen LogP contribution in [0.25, 0.3) is 0 Å². The smallest absolute Gasteiger partial charge is 0.0697 e. The number of alkyl halides is 2. The van der Waals surface area contributed by atoms with E-state index < -0.39 is 0 Å². The van der Waals surface area contributed by atoms with Crippen LogP contribution < -0.4 is 0 Å². The van der Waals surface area contributed by atoms with E-state index >= 15 is 0 Å². The average Bonchev–Trinajstić information content (AvgIpc) is 2.29. The Balaban J connectivity index is 1.93. The van der Waals surface area contributed by atoms with Crippen molar-refractivity contribution < 1.29 is 0 Å². The van der Waals surface area contributed by atoms with Gasteiger partial charge >= 0.3 is 0 Å². The van der Waals surface area contributed by atoms with Crippen LogP contribution in [0.3, 0.4) is 0 Å². The van der Waals surface area contributed by atoms with Gasteiger partial charge in [-0.15, -0.1) is 0 Å². The molecule has 1 aromatic carbocycles. The van der Waals surface area contributed by atoms with Gasteiger partial charge in [-0.25, -0.2) is 0 Å². The van der Waals surface area contributed by atoms with Crippen LogP contribution in [0, 0.1) is 0 Å². The van der Waals surface area contributed by atoms with Crippen molar-refractivity contribution in [3.63, 3.8) is 0 Å². The molecule has 16 heavy (non-hydrogen) atoms. The van der Waals surface area contributed by atoms with Crippen molar-refractivity contribution >= 4 is 31.9 Å². The first kappa shape index (κ1) is 14.2. The van der Waals surface area contributed by atoms with Gasteiger partial charge in [-0.2, -0.15) is 0 Å². The number of hydrogen-bond acceptors (Lipinski definition) is 0. The second-order valence-electron chi connectivity index (χ2n) is 4.18. The minimum Gasteiger partial charge on any atom is -0.0765 e. The fourth-order valence-corrected chi connectivity index (χ4v) is 2.45. The maximum atomic E-state index is 3.50. The molecule has 0 aliphatic heterocycles. The van der Waals surface area contributed by atoms with E-state index in [4.69, 9.17) is 0 Å². The van der Waals surface area contributed by atoms with Crippen LogP contribution in [0.4, 0.5) is 0 Å². The second-order valence-corrected chi connectivity index (χ2v) is 7.62. The third-order valence-corrected chi connectivity index (χ3v) is 3.65. The summed E-state index contributed by atoms with van der Waals surface area (Å²) in [5.41, 5.74) is 1.48. The molecule has 2 heteroatoms. The van der Waals surface area contributed by atoms with E-state index in [1.165, 1.54) is 50.5 Å². The zero-order valence-electron chi connectivity index (χ0n) is 9.67. The highest BCUT2D eigenvalue weighted by Crippen LogP contribution is 2.17. The van der Waals surface area contributed by atoms with E-state index in [9.17, 15) is 0 Å². The largest absolute Gasteiger partial charge is 0.0765 e. The van der Waals surface area contributed by atoms with E-state index in [1.807, 2.05) is 0 Å². The molecule has 1 aromatic rings. The van der Waals surface area contributed by atoms with Crippen LogP contribution >= 0.6 is 31.9 Å². The predicted molar refractivity (Wildman–Crippen MR) is 79.5 cm³/mol. The summed E-state index contributed by atoms with van der Waals surface area (Å²) in [5.74, 6) is 0. The molecule has 0 heterocycles. The highest BCUT2D eigenvalue weighted by molar-refractivity contribution is 9.24. The van der Waals surface area contributed by atoms with Gasteiger partial charge in [0.2, 0.25) is 0 Å². The number of aryl methyl sites for hydroxylation is 1. The van der Waals surface area contributed by atoms with Crippen LogP contribution in [-0.4, -0.2) is 3.74 Å². The van der Waals surface area contributed by atoms with Crippen molar-refractivity contribution in [2.45, 2.75) is 48.7 Å². The van der Waals surface area contributed by atoms with Crippen LogP contribution in [-0.2, 0) is 6.42 Å². The van der Waals surface area contributed by atoms with Gasteiger partial charge in [0.05, 0.1) is 3.74 Å². The Morgan fingerprint density at radius 1 is 0.812 bits per heavy atom. The topological polar surface area (TPSA) is 0 Å². The number of unbranched alkanes of at least 4 members (excludes halogenated alkanes) is 4. The summed E-state index contributed by atoms with van der Waals surface area (Å²) < 4.78 is 0.504. The summed E-state index contributed by atoms with van der Waals surface area (Å²) in [6, 6.07) is 10.8. The Hall–Kier alpha value is 0.180. The molecule has 0 unspecified atom stereocenters. The predicted octanol–water partition coefficient (Wildman–Crippen LogP) is 5.69. The first-order valence-electron chi connectivity index (χ1n) is 6.11. The SMILES string of the molecule is BrC(Br)CCCCCCCc1ccccc1. The third kappa shape index (κ3) is 7.45. The molecule has 0 aromatic heterocycles. The normalized spacial score (nSPS) is 10.9. The summed E-state index contributed by atoms with van der Waals surface area (Å²) in [4.78, 5) is 0. The quantitative estimate of drug-likeness (QED) is 0.418. The molecule has 0 N–H and O–H groups in total. The van der Waals surface area contributed by atoms with Crippen LogP contribution in [0.2, 0.25) is 0 Å². The summed E-state index contributed by atoms with van der Waals surface area (Å²) in [6.45, 7) is 0. The molecule has 1 rings (SSSR count). The van der Waals surface area contributed by atoms with Gasteiger partial charge in [0.25, 0.3) is 0 Å². The zero-order valence-corrected chi connectivity index (χ0v) is 12.8. The molecular formula is C14H20Br2. The molecule has 0 fully saturated rings. The van der Waals surface area contributed by atoms with Crippen LogP contribution in [0.15, 0.2) is 30.3 Å². The molecule has 0 aliphatic rings. The second kappa shape index (κ2) is 9.23. The van der Waals surface area contributed by atoms with Gasteiger partial charge in [-0.3, -0.25) is 0 Å². The maximum Gasteiger partial charge on any atom is 0.0697 e. The third-order valence-electron chi connectivity index (χ3n) is 2.73. The maximum absolute atomic E-state index is 3.50. The van der Waals surface area contributed by atoms with Gasteiger partial charge in [0, 0.05) is 0 Å². The lowest BCUT2D eigenvalue weighted by Gasteiger charge is -2.03. The fraction of sp³-hybridized carbons (Fsp3) is 0.571. The summed E-state index contributed by atoms with van der Waals surface area (Å²) in [7, 11) is 0. The van der Waals surface area contributed by atoms with Gasteiger partial charge in [0.1, 0.15) is 0 Å². The van der Waals surface area contributed by atoms with Gasteiger partial charge in [0.15, 0.2) is 0 Å². The highest BCUT2D eigenvalue weighted by Gasteiger charge is 1.97. The molecule has 90 valence electrons. The molecule has 0 nitrogen and oxygen atoms in total. The number of halogens is 2. The molecule has 0 saturated heterocycles. The van der Waals surface area contributed by atoms with Crippen LogP contribution in [0.5, 0.6) is 0 Å². The molecule has 0 saturated carbocycles. The monoisotopic (exact) mass is 346 g/mol. The standard InChI is InChI=1S/C14H20Br2/c15-14(16)12-8-3-1-2-5-9-13-10-6-4-7-11-13/h4,6-7,10-11,14H,1-3,5,8-9,12H2. The molecule has 0 spiro atoms. The van der Waals surface area contributed by atoms with E-state index in [0.29, 0.717) is 3.74 Å². The van der Waals surface area contributed by atoms with Crippen LogP contribution in [0.1, 0.15) is 44.1 Å². The minimum atomic E-state index is 0.504. The lowest BCUT2D eigenvalue weighted by molar-refractivity contribution is 0.607. The molecule has 0 bridgehead atoms. The molecule has 0 atom stereocenters. The molecular weight excluding hydrogens is 328 g/mol. The molecule has 0 aliphatic carbocycles. The van der Waals surface area contributed by atoms with E-state index in [1.54, 1.807) is 0 Å². The van der Waals surface area contributed by atoms with E-state index in [-0.39, 0.29) is 0 Å². The van der Waals surface area contributed by atoms with E-state index in [0.717, 1.165) is 0 Å². The molecule has 0 radical (unpaired) electrons. The Labute approximate surface area is 116 Å². The lowest BCUT2D eigenvalue weighted by atomic mass is 10.1. The number of hydrogen-bond donors (Lipinski definition) is 0. The van der Waals surface area contributed by atoms with Crippen molar-refractivity contribution in [3.8, 4) is 0 Å². The number of benzene rings is 1. The first-order valence-corrected chi connectivity index (χ1v) is 7.94. The Bertz CT molecular complexity index is 257. The van der Waals surface area contributed by atoms with Gasteiger partial charge < -0.3 is 0 Å². The Morgan fingerprint density at radius 3 is 2.12 bits per heavy atom. The Kier molecular flexibility index (Phi) is 8.22. The lowest BCUT2D eigenvalue weighted by Crippen LogP contribution is -1.87. The fourth-order valence-electron chi connectivity index (χ4n) is 1.80. The van der Waals surface area contributed by atoms with Crippen molar-refractivity contribution in [2.75, 3.05) is 0 Å². The van der Waals surface area contributed by atoms with E-state index in [2.05, 4.69) is 62.2 Å².